The zero-order valence-corrected chi connectivity index (χ0v) is 9.02. The molecule has 0 spiro atoms. The summed E-state index contributed by atoms with van der Waals surface area (Å²) in [6.07, 6.45) is -4.42. The number of aryl methyl sites for hydroxylation is 1. The summed E-state index contributed by atoms with van der Waals surface area (Å²) in [5.74, 6) is 0. The molecule has 0 aliphatic rings. The van der Waals surface area contributed by atoms with Gasteiger partial charge in [-0.3, -0.25) is 4.68 Å². The Labute approximate surface area is 90.0 Å². The SMILES string of the molecule is Cc1nn(C(CN)C(F)(F)F)c(C)c1Cl. The molecular weight excluding hydrogens is 231 g/mol. The van der Waals surface area contributed by atoms with Crippen LogP contribution in [0, 0.1) is 13.8 Å². The first-order chi connectivity index (χ1) is 6.79. The fraction of sp³-hybridized carbons (Fsp3) is 0.625. The molecule has 0 saturated heterocycles. The summed E-state index contributed by atoms with van der Waals surface area (Å²) in [4.78, 5) is 0. The lowest BCUT2D eigenvalue weighted by Crippen LogP contribution is -2.34. The highest BCUT2D eigenvalue weighted by Crippen LogP contribution is 2.32. The minimum atomic E-state index is -4.42. The van der Waals surface area contributed by atoms with Crippen LogP contribution in [0.25, 0.3) is 0 Å². The molecule has 1 aromatic heterocycles. The summed E-state index contributed by atoms with van der Waals surface area (Å²) < 4.78 is 38.5. The van der Waals surface area contributed by atoms with Gasteiger partial charge in [-0.1, -0.05) is 11.6 Å². The first-order valence-electron chi connectivity index (χ1n) is 4.27. The van der Waals surface area contributed by atoms with E-state index in [-0.39, 0.29) is 10.7 Å². The number of nitrogens with zero attached hydrogens (tertiary/aromatic N) is 2. The lowest BCUT2D eigenvalue weighted by Gasteiger charge is -2.20. The molecule has 0 bridgehead atoms. The van der Waals surface area contributed by atoms with Crippen molar-refractivity contribution in [3.8, 4) is 0 Å². The summed E-state index contributed by atoms with van der Waals surface area (Å²) in [5, 5.41) is 3.98. The van der Waals surface area contributed by atoms with E-state index in [1.54, 1.807) is 6.92 Å². The molecule has 2 N–H and O–H groups in total. The lowest BCUT2D eigenvalue weighted by molar-refractivity contribution is -0.167. The van der Waals surface area contributed by atoms with Crippen LogP contribution in [-0.2, 0) is 0 Å². The second-order valence-electron chi connectivity index (χ2n) is 3.22. The van der Waals surface area contributed by atoms with Gasteiger partial charge >= 0.3 is 6.18 Å². The molecule has 1 heterocycles. The molecule has 1 atom stereocenters. The third-order valence-electron chi connectivity index (χ3n) is 2.13. The highest BCUT2D eigenvalue weighted by atomic mass is 35.5. The molecule has 0 saturated carbocycles. The van der Waals surface area contributed by atoms with Crippen molar-refractivity contribution >= 4 is 11.6 Å². The van der Waals surface area contributed by atoms with E-state index in [4.69, 9.17) is 17.3 Å². The molecule has 0 fully saturated rings. The van der Waals surface area contributed by atoms with Crippen LogP contribution < -0.4 is 5.73 Å². The Morgan fingerprint density at radius 1 is 1.47 bits per heavy atom. The van der Waals surface area contributed by atoms with Crippen LogP contribution in [-0.4, -0.2) is 22.5 Å². The number of halogens is 4. The van der Waals surface area contributed by atoms with Crippen molar-refractivity contribution < 1.29 is 13.2 Å². The van der Waals surface area contributed by atoms with Gasteiger partial charge in [-0.05, 0) is 13.8 Å². The molecule has 15 heavy (non-hydrogen) atoms. The second kappa shape index (κ2) is 4.02. The van der Waals surface area contributed by atoms with Gasteiger partial charge in [0, 0.05) is 6.54 Å². The third-order valence-corrected chi connectivity index (χ3v) is 2.68. The van der Waals surface area contributed by atoms with Crippen LogP contribution in [0.5, 0.6) is 0 Å². The Bertz CT molecular complexity index is 359. The first-order valence-corrected chi connectivity index (χ1v) is 4.64. The third kappa shape index (κ3) is 2.26. The molecule has 1 aromatic rings. The normalized spacial score (nSPS) is 14.3. The standard InChI is InChI=1S/C8H11ClF3N3/c1-4-7(9)5(2)15(14-4)6(3-13)8(10,11)12/h6H,3,13H2,1-2H3. The molecule has 0 aliphatic carbocycles. The Hall–Kier alpha value is -0.750. The Morgan fingerprint density at radius 2 is 2.00 bits per heavy atom. The van der Waals surface area contributed by atoms with E-state index in [0.29, 0.717) is 5.69 Å². The molecule has 86 valence electrons. The van der Waals surface area contributed by atoms with Crippen molar-refractivity contribution in [2.75, 3.05) is 6.54 Å². The van der Waals surface area contributed by atoms with E-state index in [9.17, 15) is 13.2 Å². The van der Waals surface area contributed by atoms with E-state index in [0.717, 1.165) is 4.68 Å². The van der Waals surface area contributed by atoms with Gasteiger partial charge in [0.25, 0.3) is 0 Å². The fourth-order valence-electron chi connectivity index (χ4n) is 1.32. The summed E-state index contributed by atoms with van der Waals surface area (Å²) in [6.45, 7) is 2.48. The molecule has 1 rings (SSSR count). The van der Waals surface area contributed by atoms with Gasteiger partial charge in [0.1, 0.15) is 0 Å². The Morgan fingerprint density at radius 3 is 2.27 bits per heavy atom. The molecule has 0 aliphatic heterocycles. The van der Waals surface area contributed by atoms with Crippen molar-refractivity contribution in [2.24, 2.45) is 5.73 Å². The number of nitrogens with two attached hydrogens (primary N) is 1. The van der Waals surface area contributed by atoms with Gasteiger partial charge in [0.2, 0.25) is 0 Å². The maximum Gasteiger partial charge on any atom is 0.412 e. The van der Waals surface area contributed by atoms with Crippen molar-refractivity contribution in [3.63, 3.8) is 0 Å². The molecule has 1 unspecified atom stereocenters. The number of hydrogen-bond donors (Lipinski definition) is 1. The second-order valence-corrected chi connectivity index (χ2v) is 3.60. The predicted octanol–water partition coefficient (Wildman–Crippen LogP) is 2.22. The predicted molar refractivity (Wildman–Crippen MR) is 50.9 cm³/mol. The number of hydrogen-bond acceptors (Lipinski definition) is 2. The van der Waals surface area contributed by atoms with E-state index in [2.05, 4.69) is 5.10 Å². The Balaban J connectivity index is 3.19. The van der Waals surface area contributed by atoms with Crippen LogP contribution in [0.4, 0.5) is 13.2 Å². The van der Waals surface area contributed by atoms with Gasteiger partial charge in [0.15, 0.2) is 6.04 Å². The zero-order valence-electron chi connectivity index (χ0n) is 8.27. The maximum absolute atomic E-state index is 12.5. The number of aromatic nitrogens is 2. The quantitative estimate of drug-likeness (QED) is 0.863. The van der Waals surface area contributed by atoms with Gasteiger partial charge in [-0.25, -0.2) is 0 Å². The minimum absolute atomic E-state index is 0.248. The van der Waals surface area contributed by atoms with Crippen LogP contribution in [0.3, 0.4) is 0 Å². The minimum Gasteiger partial charge on any atom is -0.328 e. The van der Waals surface area contributed by atoms with Gasteiger partial charge in [-0.2, -0.15) is 18.3 Å². The highest BCUT2D eigenvalue weighted by Gasteiger charge is 2.41. The maximum atomic E-state index is 12.5. The van der Waals surface area contributed by atoms with Crippen LogP contribution in [0.15, 0.2) is 0 Å². The average molecular weight is 242 g/mol. The molecule has 3 nitrogen and oxygen atoms in total. The molecule has 0 aromatic carbocycles. The average Bonchev–Trinajstić information content (AvgIpc) is 2.33. The molecule has 0 radical (unpaired) electrons. The van der Waals surface area contributed by atoms with E-state index < -0.39 is 18.8 Å². The van der Waals surface area contributed by atoms with E-state index in [1.807, 2.05) is 0 Å². The monoisotopic (exact) mass is 241 g/mol. The summed E-state index contributed by atoms with van der Waals surface area (Å²) in [5.41, 5.74) is 5.75. The first kappa shape index (κ1) is 12.3. The van der Waals surface area contributed by atoms with Crippen molar-refractivity contribution in [2.45, 2.75) is 26.1 Å². The van der Waals surface area contributed by atoms with E-state index in [1.165, 1.54) is 6.92 Å². The smallest absolute Gasteiger partial charge is 0.328 e. The van der Waals surface area contributed by atoms with Crippen LogP contribution in [0.2, 0.25) is 5.02 Å². The van der Waals surface area contributed by atoms with Gasteiger partial charge in [0.05, 0.1) is 16.4 Å². The summed E-state index contributed by atoms with van der Waals surface area (Å²) in [6, 6.07) is -1.82. The summed E-state index contributed by atoms with van der Waals surface area (Å²) >= 11 is 5.76. The molecule has 0 amide bonds. The lowest BCUT2D eigenvalue weighted by atomic mass is 10.3. The fourth-order valence-corrected chi connectivity index (χ4v) is 1.44. The van der Waals surface area contributed by atoms with Gasteiger partial charge < -0.3 is 5.73 Å². The Kier molecular flexibility index (Phi) is 3.30. The van der Waals surface area contributed by atoms with Crippen LogP contribution in [0.1, 0.15) is 17.4 Å². The molecular formula is C8H11ClF3N3. The topological polar surface area (TPSA) is 43.8 Å². The van der Waals surface area contributed by atoms with Gasteiger partial charge in [-0.15, -0.1) is 0 Å². The van der Waals surface area contributed by atoms with Crippen molar-refractivity contribution in [1.29, 1.82) is 0 Å². The van der Waals surface area contributed by atoms with Crippen LogP contribution >= 0.6 is 11.6 Å². The highest BCUT2D eigenvalue weighted by molar-refractivity contribution is 6.31. The number of rotatable bonds is 2. The number of alkyl halides is 3. The largest absolute Gasteiger partial charge is 0.412 e. The van der Waals surface area contributed by atoms with Crippen molar-refractivity contribution in [3.05, 3.63) is 16.4 Å². The van der Waals surface area contributed by atoms with E-state index >= 15 is 0 Å². The molecule has 7 heteroatoms. The zero-order chi connectivity index (χ0) is 11.8. The van der Waals surface area contributed by atoms with Crippen molar-refractivity contribution in [1.82, 2.24) is 9.78 Å². The summed E-state index contributed by atoms with van der Waals surface area (Å²) in [7, 11) is 0.